The first-order chi connectivity index (χ1) is 13.4. The van der Waals surface area contributed by atoms with Gasteiger partial charge in [-0.25, -0.2) is 13.1 Å². The van der Waals surface area contributed by atoms with Crippen molar-refractivity contribution < 1.29 is 17.9 Å². The zero-order chi connectivity index (χ0) is 20.1. The van der Waals surface area contributed by atoms with E-state index in [1.165, 1.54) is 19.2 Å². The Bertz CT molecular complexity index is 1080. The molecule has 0 saturated heterocycles. The van der Waals surface area contributed by atoms with Crippen LogP contribution in [0.3, 0.4) is 0 Å². The number of benzene rings is 3. The molecule has 0 radical (unpaired) electrons. The summed E-state index contributed by atoms with van der Waals surface area (Å²) in [5.41, 5.74) is 1.55. The fraction of sp³-hybridized carbons (Fsp3) is 0.0952. The van der Waals surface area contributed by atoms with Crippen molar-refractivity contribution in [3.05, 3.63) is 83.9 Å². The quantitative estimate of drug-likeness (QED) is 0.661. The van der Waals surface area contributed by atoms with Gasteiger partial charge in [0.2, 0.25) is 10.0 Å². The van der Waals surface area contributed by atoms with E-state index in [1.807, 2.05) is 30.3 Å². The zero-order valence-corrected chi connectivity index (χ0v) is 16.3. The maximum absolute atomic E-state index is 12.6. The molecule has 6 nitrogen and oxygen atoms in total. The number of ether oxygens (including phenoxy) is 1. The molecule has 3 rings (SSSR count). The molecule has 0 saturated carbocycles. The molecule has 2 N–H and O–H groups in total. The van der Waals surface area contributed by atoms with Crippen LogP contribution in [0, 0.1) is 6.92 Å². The molecule has 7 heteroatoms. The maximum Gasteiger partial charge on any atom is 0.255 e. The lowest BCUT2D eigenvalue weighted by atomic mass is 10.1. The van der Waals surface area contributed by atoms with Crippen molar-refractivity contribution in [2.75, 3.05) is 12.4 Å². The fourth-order valence-corrected chi connectivity index (χ4v) is 3.32. The van der Waals surface area contributed by atoms with Gasteiger partial charge < -0.3 is 10.1 Å². The van der Waals surface area contributed by atoms with Gasteiger partial charge in [0.25, 0.3) is 5.91 Å². The Kier molecular flexibility index (Phi) is 5.77. The second-order valence-electron chi connectivity index (χ2n) is 6.08. The normalized spacial score (nSPS) is 11.1. The molecule has 0 heterocycles. The Morgan fingerprint density at radius 3 is 2.18 bits per heavy atom. The first-order valence-electron chi connectivity index (χ1n) is 8.57. The van der Waals surface area contributed by atoms with Gasteiger partial charge in [-0.2, -0.15) is 0 Å². The van der Waals surface area contributed by atoms with E-state index >= 15 is 0 Å². The summed E-state index contributed by atoms with van der Waals surface area (Å²) >= 11 is 0. The van der Waals surface area contributed by atoms with Crippen LogP contribution in [0.15, 0.2) is 77.7 Å². The number of rotatable bonds is 6. The highest BCUT2D eigenvalue weighted by Crippen LogP contribution is 2.23. The van der Waals surface area contributed by atoms with Crippen molar-refractivity contribution >= 4 is 21.6 Å². The maximum atomic E-state index is 12.6. The molecule has 0 aliphatic carbocycles. The minimum atomic E-state index is -3.63. The van der Waals surface area contributed by atoms with Crippen LogP contribution in [0.4, 0.5) is 5.69 Å². The van der Waals surface area contributed by atoms with Crippen LogP contribution in [0.25, 0.3) is 0 Å². The van der Waals surface area contributed by atoms with Crippen LogP contribution in [-0.2, 0) is 10.0 Å². The molecule has 0 bridgehead atoms. The number of sulfonamides is 1. The topological polar surface area (TPSA) is 84.5 Å². The Morgan fingerprint density at radius 1 is 0.893 bits per heavy atom. The van der Waals surface area contributed by atoms with Crippen LogP contribution < -0.4 is 14.8 Å². The summed E-state index contributed by atoms with van der Waals surface area (Å²) in [6.45, 7) is 1.75. The van der Waals surface area contributed by atoms with E-state index in [4.69, 9.17) is 4.74 Å². The minimum Gasteiger partial charge on any atom is -0.457 e. The van der Waals surface area contributed by atoms with Gasteiger partial charge in [-0.05, 0) is 68.1 Å². The van der Waals surface area contributed by atoms with Gasteiger partial charge in [-0.3, -0.25) is 4.79 Å². The molecule has 3 aromatic carbocycles. The summed E-state index contributed by atoms with van der Waals surface area (Å²) in [6.07, 6.45) is 0. The third kappa shape index (κ3) is 4.57. The van der Waals surface area contributed by atoms with E-state index in [9.17, 15) is 13.2 Å². The summed E-state index contributed by atoms with van der Waals surface area (Å²) in [7, 11) is -2.30. The van der Waals surface area contributed by atoms with E-state index in [0.717, 1.165) is 5.75 Å². The Labute approximate surface area is 164 Å². The van der Waals surface area contributed by atoms with Crippen LogP contribution in [0.2, 0.25) is 0 Å². The van der Waals surface area contributed by atoms with Crippen LogP contribution in [0.1, 0.15) is 15.9 Å². The highest BCUT2D eigenvalue weighted by Gasteiger charge is 2.16. The van der Waals surface area contributed by atoms with Gasteiger partial charge in [0.05, 0.1) is 4.90 Å². The van der Waals surface area contributed by atoms with Gasteiger partial charge in [0, 0.05) is 11.3 Å². The summed E-state index contributed by atoms with van der Waals surface area (Å²) in [6, 6.07) is 20.8. The SMILES string of the molecule is CNS(=O)(=O)c1ccc(C)c(C(=O)Nc2ccc(Oc3ccccc3)cc2)c1. The fourth-order valence-electron chi connectivity index (χ4n) is 2.56. The average Bonchev–Trinajstić information content (AvgIpc) is 2.70. The minimum absolute atomic E-state index is 0.0392. The Hall–Kier alpha value is -3.16. The monoisotopic (exact) mass is 396 g/mol. The Balaban J connectivity index is 1.75. The predicted molar refractivity (Wildman–Crippen MR) is 108 cm³/mol. The molecule has 144 valence electrons. The molecule has 3 aromatic rings. The number of aryl methyl sites for hydroxylation is 1. The number of nitrogens with one attached hydrogen (secondary N) is 2. The highest BCUT2D eigenvalue weighted by molar-refractivity contribution is 7.89. The molecule has 0 spiro atoms. The number of amides is 1. The smallest absolute Gasteiger partial charge is 0.255 e. The third-order valence-electron chi connectivity index (χ3n) is 4.12. The zero-order valence-electron chi connectivity index (χ0n) is 15.5. The first kappa shape index (κ1) is 19.6. The molecule has 0 aliphatic heterocycles. The summed E-state index contributed by atoms with van der Waals surface area (Å²) < 4.78 is 31.9. The molecule has 0 aromatic heterocycles. The van der Waals surface area contributed by atoms with Crippen LogP contribution >= 0.6 is 0 Å². The summed E-state index contributed by atoms with van der Waals surface area (Å²) in [5, 5.41) is 2.78. The molecule has 1 amide bonds. The van der Waals surface area contributed by atoms with E-state index in [0.29, 0.717) is 22.6 Å². The number of anilines is 1. The lowest BCUT2D eigenvalue weighted by Crippen LogP contribution is -2.20. The van der Waals surface area contributed by atoms with Gasteiger partial charge in [0.15, 0.2) is 0 Å². The third-order valence-corrected chi connectivity index (χ3v) is 5.54. The van der Waals surface area contributed by atoms with Crippen LogP contribution in [-0.4, -0.2) is 21.4 Å². The predicted octanol–water partition coefficient (Wildman–Crippen LogP) is 3.95. The van der Waals surface area contributed by atoms with E-state index < -0.39 is 10.0 Å². The molecule has 0 atom stereocenters. The number of hydrogen-bond acceptors (Lipinski definition) is 4. The van der Waals surface area contributed by atoms with Crippen molar-refractivity contribution in [3.63, 3.8) is 0 Å². The van der Waals surface area contributed by atoms with Crippen molar-refractivity contribution in [2.45, 2.75) is 11.8 Å². The van der Waals surface area contributed by atoms with Gasteiger partial charge in [0.1, 0.15) is 11.5 Å². The van der Waals surface area contributed by atoms with Crippen molar-refractivity contribution in [1.29, 1.82) is 0 Å². The first-order valence-corrected chi connectivity index (χ1v) is 10.1. The highest BCUT2D eigenvalue weighted by atomic mass is 32.2. The standard InChI is InChI=1S/C21H20N2O4S/c1-15-8-13-19(28(25,26)22-2)14-20(15)21(24)23-16-9-11-18(12-10-16)27-17-6-4-3-5-7-17/h3-14,22H,1-2H3,(H,23,24). The molecule has 0 unspecified atom stereocenters. The molecule has 28 heavy (non-hydrogen) atoms. The summed E-state index contributed by atoms with van der Waals surface area (Å²) in [4.78, 5) is 12.7. The second-order valence-corrected chi connectivity index (χ2v) is 7.96. The average molecular weight is 396 g/mol. The Morgan fingerprint density at radius 2 is 1.54 bits per heavy atom. The second kappa shape index (κ2) is 8.24. The number of carbonyl (C=O) groups excluding carboxylic acids is 1. The van der Waals surface area contributed by atoms with E-state index in [2.05, 4.69) is 10.0 Å². The van der Waals surface area contributed by atoms with Crippen molar-refractivity contribution in [1.82, 2.24) is 4.72 Å². The van der Waals surface area contributed by atoms with Gasteiger partial charge in [-0.15, -0.1) is 0 Å². The molecular formula is C21H20N2O4S. The van der Waals surface area contributed by atoms with E-state index in [-0.39, 0.29) is 10.8 Å². The van der Waals surface area contributed by atoms with Crippen molar-refractivity contribution in [2.24, 2.45) is 0 Å². The molecule has 0 aliphatic rings. The number of carbonyl (C=O) groups is 1. The van der Waals surface area contributed by atoms with Crippen LogP contribution in [0.5, 0.6) is 11.5 Å². The largest absolute Gasteiger partial charge is 0.457 e. The summed E-state index contributed by atoms with van der Waals surface area (Å²) in [5.74, 6) is 0.974. The lowest BCUT2D eigenvalue weighted by molar-refractivity contribution is 0.102. The van der Waals surface area contributed by atoms with Gasteiger partial charge >= 0.3 is 0 Å². The molecule has 0 fully saturated rings. The van der Waals surface area contributed by atoms with Gasteiger partial charge in [-0.1, -0.05) is 24.3 Å². The lowest BCUT2D eigenvalue weighted by Gasteiger charge is -2.11. The van der Waals surface area contributed by atoms with E-state index in [1.54, 1.807) is 37.3 Å². The number of para-hydroxylation sites is 1. The van der Waals surface area contributed by atoms with Crippen molar-refractivity contribution in [3.8, 4) is 11.5 Å². The number of hydrogen-bond donors (Lipinski definition) is 2. The molecular weight excluding hydrogens is 376 g/mol.